The third-order valence-electron chi connectivity index (χ3n) is 12.2. The summed E-state index contributed by atoms with van der Waals surface area (Å²) in [4.78, 5) is 51.0. The molecule has 0 heterocycles. The number of allylic oxidation sites excluding steroid dienone is 2. The van der Waals surface area contributed by atoms with Crippen molar-refractivity contribution in [2.75, 3.05) is 0 Å². The SMILES string of the molecule is CC(=O)OC1CCC2(C)C(CCC3(C)C(C)CCC4(C(=O)C(=O)Cl)CC(=O)C(C(C)C)=C4CCCC32)C1(C)C. The lowest BCUT2D eigenvalue weighted by molar-refractivity contribution is -0.199. The van der Waals surface area contributed by atoms with Gasteiger partial charge in [-0.15, -0.1) is 0 Å². The molecule has 0 spiro atoms. The number of fused-ring (bicyclic) bond motifs is 4. The van der Waals surface area contributed by atoms with Gasteiger partial charge in [-0.2, -0.15) is 0 Å². The number of Topliss-reactive ketones (excluding diaryl/α,β-unsaturated/α-hetero) is 2. The highest BCUT2D eigenvalue weighted by Crippen LogP contribution is 2.68. The summed E-state index contributed by atoms with van der Waals surface area (Å²) in [5.74, 6) is 0.491. The van der Waals surface area contributed by atoms with Gasteiger partial charge in [0.15, 0.2) is 5.78 Å². The number of hydrogen-bond donors (Lipinski definition) is 0. The van der Waals surface area contributed by atoms with E-state index in [1.54, 1.807) is 0 Å². The number of carbonyl (C=O) groups excluding carboxylic acids is 4. The molecule has 0 aromatic carbocycles. The molecule has 3 saturated carbocycles. The number of esters is 1. The van der Waals surface area contributed by atoms with Crippen molar-refractivity contribution in [3.8, 4) is 0 Å². The second-order valence-electron chi connectivity index (χ2n) is 14.8. The zero-order valence-electron chi connectivity index (χ0n) is 25.4. The molecule has 0 bridgehead atoms. The van der Waals surface area contributed by atoms with Gasteiger partial charge in [-0.3, -0.25) is 19.2 Å². The minimum absolute atomic E-state index is 0.00663. The molecule has 7 unspecified atom stereocenters. The maximum Gasteiger partial charge on any atom is 0.302 e. The third-order valence-corrected chi connectivity index (χ3v) is 12.4. The van der Waals surface area contributed by atoms with E-state index in [1.165, 1.54) is 6.92 Å². The number of ketones is 2. The van der Waals surface area contributed by atoms with E-state index >= 15 is 0 Å². The van der Waals surface area contributed by atoms with Crippen molar-refractivity contribution in [1.29, 1.82) is 0 Å². The topological polar surface area (TPSA) is 77.5 Å². The smallest absolute Gasteiger partial charge is 0.302 e. The van der Waals surface area contributed by atoms with Crippen LogP contribution >= 0.6 is 11.6 Å². The summed E-state index contributed by atoms with van der Waals surface area (Å²) in [5.41, 5.74) is 0.668. The van der Waals surface area contributed by atoms with Crippen molar-refractivity contribution < 1.29 is 23.9 Å². The van der Waals surface area contributed by atoms with Gasteiger partial charge in [0, 0.05) is 18.8 Å². The first-order valence-electron chi connectivity index (χ1n) is 15.2. The highest BCUT2D eigenvalue weighted by atomic mass is 35.5. The molecule has 4 rings (SSSR count). The van der Waals surface area contributed by atoms with E-state index in [-0.39, 0.29) is 46.4 Å². The zero-order chi connectivity index (χ0) is 29.1. The molecule has 0 aliphatic heterocycles. The molecule has 6 heteroatoms. The van der Waals surface area contributed by atoms with Gasteiger partial charge < -0.3 is 4.74 Å². The van der Waals surface area contributed by atoms with Crippen molar-refractivity contribution in [2.45, 2.75) is 126 Å². The molecule has 0 radical (unpaired) electrons. The Morgan fingerprint density at radius 1 is 0.923 bits per heavy atom. The lowest BCUT2D eigenvalue weighted by atomic mass is 9.40. The van der Waals surface area contributed by atoms with Crippen LogP contribution in [0.25, 0.3) is 0 Å². The molecule has 7 atom stereocenters. The van der Waals surface area contributed by atoms with Gasteiger partial charge in [0.1, 0.15) is 6.10 Å². The summed E-state index contributed by atoms with van der Waals surface area (Å²) in [7, 11) is 0. The number of rotatable bonds is 4. The quantitative estimate of drug-likeness (QED) is 0.201. The molecular weight excluding hydrogens is 512 g/mol. The van der Waals surface area contributed by atoms with E-state index in [0.717, 1.165) is 56.1 Å². The van der Waals surface area contributed by atoms with Crippen molar-refractivity contribution in [3.63, 3.8) is 0 Å². The predicted molar refractivity (Wildman–Crippen MR) is 153 cm³/mol. The molecule has 0 aromatic rings. The largest absolute Gasteiger partial charge is 0.462 e. The Hall–Kier alpha value is -1.49. The van der Waals surface area contributed by atoms with E-state index in [9.17, 15) is 19.2 Å². The molecule has 3 fully saturated rings. The van der Waals surface area contributed by atoms with Crippen molar-refractivity contribution >= 4 is 34.4 Å². The number of hydrogen-bond acceptors (Lipinski definition) is 5. The van der Waals surface area contributed by atoms with Crippen LogP contribution in [0.4, 0.5) is 0 Å². The van der Waals surface area contributed by atoms with Crippen LogP contribution in [-0.2, 0) is 23.9 Å². The average Bonchev–Trinajstić information content (AvgIpc) is 3.12. The van der Waals surface area contributed by atoms with Gasteiger partial charge in [0.05, 0.1) is 5.41 Å². The first kappa shape index (κ1) is 30.5. The first-order chi connectivity index (χ1) is 18.0. The third kappa shape index (κ3) is 4.77. The fourth-order valence-electron chi connectivity index (χ4n) is 10.2. The Kier molecular flexibility index (Phi) is 8.13. The molecule has 4 aliphatic carbocycles. The summed E-state index contributed by atoms with van der Waals surface area (Å²) in [6.07, 6.45) is 7.97. The molecule has 4 aliphatic rings. The summed E-state index contributed by atoms with van der Waals surface area (Å²) in [5, 5.41) is -0.945. The lowest BCUT2D eigenvalue weighted by Crippen LogP contribution is -2.60. The Balaban J connectivity index is 1.74. The van der Waals surface area contributed by atoms with E-state index in [4.69, 9.17) is 16.3 Å². The van der Waals surface area contributed by atoms with Crippen LogP contribution in [-0.4, -0.2) is 28.9 Å². The van der Waals surface area contributed by atoms with Crippen molar-refractivity contribution in [3.05, 3.63) is 11.1 Å². The summed E-state index contributed by atoms with van der Waals surface area (Å²) in [6.45, 7) is 17.4. The molecule has 218 valence electrons. The second kappa shape index (κ2) is 10.4. The van der Waals surface area contributed by atoms with Crippen LogP contribution in [0.1, 0.15) is 120 Å². The molecule has 0 saturated heterocycles. The van der Waals surface area contributed by atoms with Crippen LogP contribution < -0.4 is 0 Å². The molecule has 0 amide bonds. The van der Waals surface area contributed by atoms with E-state index in [0.29, 0.717) is 30.6 Å². The van der Waals surface area contributed by atoms with E-state index < -0.39 is 16.4 Å². The van der Waals surface area contributed by atoms with Gasteiger partial charge in [-0.1, -0.05) is 48.5 Å². The fraction of sp³-hybridized carbons (Fsp3) is 0.818. The minimum Gasteiger partial charge on any atom is -0.462 e. The lowest BCUT2D eigenvalue weighted by Gasteiger charge is -2.65. The molecule has 5 nitrogen and oxygen atoms in total. The van der Waals surface area contributed by atoms with Gasteiger partial charge in [-0.05, 0) is 115 Å². The van der Waals surface area contributed by atoms with E-state index in [2.05, 4.69) is 34.6 Å². The minimum atomic E-state index is -1.07. The van der Waals surface area contributed by atoms with Gasteiger partial charge in [-0.25, -0.2) is 0 Å². The molecule has 0 aromatic heterocycles. The standard InChI is InChI=1S/C33H49ClO5/c1-19(2)27-22-10-9-11-25-31(7,20(3)12-17-33(22,18-23(27)36)28(37)29(34)38)15-13-24-30(5,6)26(39-21(4)35)14-16-32(24,25)8/h19-20,24-26H,9-18H2,1-8H3. The Morgan fingerprint density at radius 2 is 1.56 bits per heavy atom. The molecule has 39 heavy (non-hydrogen) atoms. The molecule has 0 N–H and O–H groups in total. The monoisotopic (exact) mass is 560 g/mol. The summed E-state index contributed by atoms with van der Waals surface area (Å²) in [6, 6.07) is 0. The average molecular weight is 561 g/mol. The summed E-state index contributed by atoms with van der Waals surface area (Å²) < 4.78 is 5.86. The Morgan fingerprint density at radius 3 is 2.15 bits per heavy atom. The Labute approximate surface area is 240 Å². The highest BCUT2D eigenvalue weighted by molar-refractivity contribution is 6.82. The van der Waals surface area contributed by atoms with Crippen LogP contribution in [0, 0.1) is 45.3 Å². The second-order valence-corrected chi connectivity index (χ2v) is 15.1. The van der Waals surface area contributed by atoms with Crippen LogP contribution in [0.5, 0.6) is 0 Å². The number of ether oxygens (including phenoxy) is 1. The maximum atomic E-state index is 13.5. The fourth-order valence-corrected chi connectivity index (χ4v) is 10.4. The summed E-state index contributed by atoms with van der Waals surface area (Å²) >= 11 is 5.85. The molecular formula is C33H49ClO5. The van der Waals surface area contributed by atoms with Crippen LogP contribution in [0.2, 0.25) is 0 Å². The van der Waals surface area contributed by atoms with Crippen molar-refractivity contribution in [2.24, 2.45) is 45.3 Å². The van der Waals surface area contributed by atoms with Crippen LogP contribution in [0.3, 0.4) is 0 Å². The maximum absolute atomic E-state index is 13.5. The predicted octanol–water partition coefficient (Wildman–Crippen LogP) is 7.62. The first-order valence-corrected chi connectivity index (χ1v) is 15.6. The normalized spacial score (nSPS) is 40.4. The van der Waals surface area contributed by atoms with Crippen molar-refractivity contribution in [1.82, 2.24) is 0 Å². The van der Waals surface area contributed by atoms with Gasteiger partial charge in [0.2, 0.25) is 5.78 Å². The number of halogens is 1. The highest BCUT2D eigenvalue weighted by Gasteiger charge is 2.62. The number of carbonyl (C=O) groups is 4. The Bertz CT molecular complexity index is 1090. The zero-order valence-corrected chi connectivity index (χ0v) is 26.1. The van der Waals surface area contributed by atoms with E-state index in [1.807, 2.05) is 13.8 Å². The van der Waals surface area contributed by atoms with Gasteiger partial charge >= 0.3 is 5.97 Å². The van der Waals surface area contributed by atoms with Crippen LogP contribution in [0.15, 0.2) is 11.1 Å². The van der Waals surface area contributed by atoms with Gasteiger partial charge in [0.25, 0.3) is 5.24 Å².